The van der Waals surface area contributed by atoms with Gasteiger partial charge in [-0.15, -0.1) is 0 Å². The molecule has 0 spiro atoms. The minimum absolute atomic E-state index is 0.139. The molecule has 0 saturated heterocycles. The molecule has 3 aromatic carbocycles. The van der Waals surface area contributed by atoms with Crippen LogP contribution in [0.3, 0.4) is 0 Å². The second-order valence-corrected chi connectivity index (χ2v) is 7.92. The summed E-state index contributed by atoms with van der Waals surface area (Å²) in [6, 6.07) is 21.0. The average Bonchev–Trinajstić information content (AvgIpc) is 2.91. The predicted molar refractivity (Wildman–Crippen MR) is 103 cm³/mol. The monoisotopic (exact) mass is 329 g/mol. The Morgan fingerprint density at radius 2 is 1.64 bits per heavy atom. The van der Waals surface area contributed by atoms with E-state index in [1.54, 1.807) is 0 Å². The first-order valence-electron chi connectivity index (χ1n) is 8.83. The Labute approximate surface area is 149 Å². The summed E-state index contributed by atoms with van der Waals surface area (Å²) in [5.41, 5.74) is 4.66. The quantitative estimate of drug-likeness (QED) is 0.625. The zero-order valence-electron chi connectivity index (χ0n) is 15.0. The molecule has 2 heteroatoms. The maximum atomic E-state index is 12.8. The van der Waals surface area contributed by atoms with Crippen LogP contribution in [0.2, 0.25) is 0 Å². The molecular weight excluding hydrogens is 306 g/mol. The first kappa shape index (κ1) is 15.9. The van der Waals surface area contributed by atoms with Crippen molar-refractivity contribution in [3.05, 3.63) is 82.9 Å². The lowest BCUT2D eigenvalue weighted by atomic mass is 9.87. The van der Waals surface area contributed by atoms with Crippen molar-refractivity contribution >= 4 is 16.7 Å². The fourth-order valence-corrected chi connectivity index (χ4v) is 3.60. The van der Waals surface area contributed by atoms with Crippen LogP contribution in [-0.4, -0.2) is 10.8 Å². The maximum Gasteiger partial charge on any atom is 0.254 e. The Morgan fingerprint density at radius 3 is 2.36 bits per heavy atom. The predicted octanol–water partition coefficient (Wildman–Crippen LogP) is 5.29. The smallest absolute Gasteiger partial charge is 0.254 e. The second-order valence-electron chi connectivity index (χ2n) is 7.92. The van der Waals surface area contributed by atoms with Crippen molar-refractivity contribution in [2.24, 2.45) is 0 Å². The van der Waals surface area contributed by atoms with Crippen LogP contribution in [0.15, 0.2) is 60.7 Å². The molecule has 0 bridgehead atoms. The molecule has 0 N–H and O–H groups in total. The van der Waals surface area contributed by atoms with Gasteiger partial charge in [-0.3, -0.25) is 4.79 Å². The van der Waals surface area contributed by atoms with Crippen LogP contribution in [0.5, 0.6) is 0 Å². The zero-order chi connectivity index (χ0) is 17.6. The summed E-state index contributed by atoms with van der Waals surface area (Å²) in [7, 11) is 0. The number of rotatable bonds is 2. The molecule has 0 aliphatic carbocycles. The largest absolute Gasteiger partial charge is 0.330 e. The van der Waals surface area contributed by atoms with E-state index in [0.29, 0.717) is 13.1 Å². The summed E-state index contributed by atoms with van der Waals surface area (Å²) in [6.45, 7) is 8.00. The molecule has 0 fully saturated rings. The normalized spacial score (nSPS) is 14.2. The van der Waals surface area contributed by atoms with Crippen molar-refractivity contribution in [3.63, 3.8) is 0 Å². The molecule has 3 aromatic rings. The molecule has 2 nitrogen and oxygen atoms in total. The lowest BCUT2D eigenvalue weighted by Gasteiger charge is -2.20. The lowest BCUT2D eigenvalue weighted by molar-refractivity contribution is 0.0767. The maximum absolute atomic E-state index is 12.8. The van der Waals surface area contributed by atoms with E-state index in [0.717, 1.165) is 11.1 Å². The number of carbonyl (C=O) groups excluding carboxylic acids is 1. The van der Waals surface area contributed by atoms with Crippen LogP contribution >= 0.6 is 0 Å². The van der Waals surface area contributed by atoms with Gasteiger partial charge in [-0.05, 0) is 38.9 Å². The summed E-state index contributed by atoms with van der Waals surface area (Å²) in [4.78, 5) is 14.7. The Morgan fingerprint density at radius 1 is 0.920 bits per heavy atom. The number of benzene rings is 3. The highest BCUT2D eigenvalue weighted by atomic mass is 16.2. The van der Waals surface area contributed by atoms with Gasteiger partial charge in [0.2, 0.25) is 0 Å². The molecule has 0 unspecified atom stereocenters. The molecule has 0 radical (unpaired) electrons. The van der Waals surface area contributed by atoms with Crippen molar-refractivity contribution in [3.8, 4) is 0 Å². The number of hydrogen-bond acceptors (Lipinski definition) is 1. The van der Waals surface area contributed by atoms with E-state index in [9.17, 15) is 4.79 Å². The summed E-state index contributed by atoms with van der Waals surface area (Å²) >= 11 is 0. The summed E-state index contributed by atoms with van der Waals surface area (Å²) in [5.74, 6) is 0.139. The molecule has 0 atom stereocenters. The van der Waals surface area contributed by atoms with Gasteiger partial charge in [-0.25, -0.2) is 0 Å². The molecule has 0 aromatic heterocycles. The van der Waals surface area contributed by atoms with Gasteiger partial charge < -0.3 is 4.90 Å². The molecule has 126 valence electrons. The van der Waals surface area contributed by atoms with Crippen LogP contribution in [0.4, 0.5) is 0 Å². The van der Waals surface area contributed by atoms with Crippen molar-refractivity contribution < 1.29 is 4.79 Å². The molecule has 1 aliphatic rings. The minimum Gasteiger partial charge on any atom is -0.330 e. The average molecular weight is 329 g/mol. The minimum atomic E-state index is 0.139. The topological polar surface area (TPSA) is 20.3 Å². The van der Waals surface area contributed by atoms with Gasteiger partial charge in [0.15, 0.2) is 0 Å². The Bertz CT molecular complexity index is 948. The molecule has 0 saturated carbocycles. The van der Waals surface area contributed by atoms with Crippen LogP contribution in [0.1, 0.15) is 47.8 Å². The highest BCUT2D eigenvalue weighted by Gasteiger charge is 2.28. The van der Waals surface area contributed by atoms with E-state index >= 15 is 0 Å². The number of carbonyl (C=O) groups is 1. The molecule has 1 amide bonds. The Hall–Kier alpha value is -2.61. The van der Waals surface area contributed by atoms with Gasteiger partial charge in [0.1, 0.15) is 0 Å². The third kappa shape index (κ3) is 2.82. The van der Waals surface area contributed by atoms with Gasteiger partial charge in [0.05, 0.1) is 0 Å². The summed E-state index contributed by atoms with van der Waals surface area (Å²) in [5, 5.41) is 2.39. The van der Waals surface area contributed by atoms with Crippen molar-refractivity contribution in [1.29, 1.82) is 0 Å². The highest BCUT2D eigenvalue weighted by Crippen LogP contribution is 2.31. The van der Waals surface area contributed by atoms with E-state index in [-0.39, 0.29) is 11.3 Å². The van der Waals surface area contributed by atoms with Gasteiger partial charge in [0, 0.05) is 18.7 Å². The van der Waals surface area contributed by atoms with Gasteiger partial charge in [-0.1, -0.05) is 75.4 Å². The highest BCUT2D eigenvalue weighted by molar-refractivity contribution is 6.04. The summed E-state index contributed by atoms with van der Waals surface area (Å²) < 4.78 is 0. The molecule has 1 aliphatic heterocycles. The van der Waals surface area contributed by atoms with Crippen molar-refractivity contribution in [1.82, 2.24) is 4.90 Å². The van der Waals surface area contributed by atoms with E-state index < -0.39 is 0 Å². The van der Waals surface area contributed by atoms with Crippen LogP contribution < -0.4 is 0 Å². The van der Waals surface area contributed by atoms with Gasteiger partial charge in [0.25, 0.3) is 5.91 Å². The standard InChI is InChI=1S/C23H23NO/c1-23(2,3)18-11-8-16(9-12-18)14-24-15-21-19-7-5-4-6-17(19)10-13-20(21)22(24)25/h4-13H,14-15H2,1-3H3. The number of hydrogen-bond donors (Lipinski definition) is 0. The molecule has 1 heterocycles. The number of fused-ring (bicyclic) bond motifs is 3. The molecule has 4 rings (SSSR count). The first-order valence-corrected chi connectivity index (χ1v) is 8.83. The fraction of sp³-hybridized carbons (Fsp3) is 0.261. The van der Waals surface area contributed by atoms with E-state index in [4.69, 9.17) is 0 Å². The first-order chi connectivity index (χ1) is 11.9. The Balaban J connectivity index is 1.60. The summed E-state index contributed by atoms with van der Waals surface area (Å²) in [6.07, 6.45) is 0. The van der Waals surface area contributed by atoms with Crippen molar-refractivity contribution in [2.45, 2.75) is 39.3 Å². The van der Waals surface area contributed by atoms with Crippen LogP contribution in [0.25, 0.3) is 10.8 Å². The van der Waals surface area contributed by atoms with Crippen molar-refractivity contribution in [2.75, 3.05) is 0 Å². The number of amides is 1. The molecular formula is C23H23NO. The number of nitrogens with zero attached hydrogens (tertiary/aromatic N) is 1. The SMILES string of the molecule is CC(C)(C)c1ccc(CN2Cc3c(ccc4ccccc34)C2=O)cc1. The van der Waals surface area contributed by atoms with E-state index in [1.807, 2.05) is 29.2 Å². The van der Waals surface area contributed by atoms with Crippen LogP contribution in [0, 0.1) is 0 Å². The van der Waals surface area contributed by atoms with Gasteiger partial charge >= 0.3 is 0 Å². The molecule has 25 heavy (non-hydrogen) atoms. The van der Waals surface area contributed by atoms with Crippen LogP contribution in [-0.2, 0) is 18.5 Å². The third-order valence-electron chi connectivity index (χ3n) is 5.10. The fourth-order valence-electron chi connectivity index (χ4n) is 3.60. The lowest BCUT2D eigenvalue weighted by Crippen LogP contribution is -2.23. The second kappa shape index (κ2) is 5.73. The zero-order valence-corrected chi connectivity index (χ0v) is 15.0. The van der Waals surface area contributed by atoms with E-state index in [1.165, 1.54) is 21.9 Å². The third-order valence-corrected chi connectivity index (χ3v) is 5.10. The van der Waals surface area contributed by atoms with Gasteiger partial charge in [-0.2, -0.15) is 0 Å². The Kier molecular flexibility index (Phi) is 3.64. The van der Waals surface area contributed by atoms with E-state index in [2.05, 4.69) is 57.2 Å².